The van der Waals surface area contributed by atoms with E-state index in [4.69, 9.17) is 9.26 Å². The molecule has 0 aliphatic rings. The van der Waals surface area contributed by atoms with Gasteiger partial charge in [-0.15, -0.1) is 0 Å². The zero-order chi connectivity index (χ0) is 22.8. The van der Waals surface area contributed by atoms with Crippen LogP contribution in [-0.2, 0) is 9.53 Å². The maximum atomic E-state index is 13.7. The van der Waals surface area contributed by atoms with E-state index in [1.165, 1.54) is 13.0 Å². The average molecular weight is 433 g/mol. The van der Waals surface area contributed by atoms with Crippen LogP contribution in [0.5, 0.6) is 0 Å². The summed E-state index contributed by atoms with van der Waals surface area (Å²) in [4.78, 5) is 29.9. The van der Waals surface area contributed by atoms with Crippen molar-refractivity contribution in [2.75, 3.05) is 5.32 Å². The molecule has 1 N–H and O–H groups in total. The molecule has 0 spiro atoms. The Labute approximate surface area is 183 Å². The fourth-order valence-electron chi connectivity index (χ4n) is 3.20. The molecule has 1 atom stereocenters. The zero-order valence-corrected chi connectivity index (χ0v) is 17.7. The first kappa shape index (κ1) is 21.2. The highest BCUT2D eigenvalue weighted by Gasteiger charge is 2.24. The number of fused-ring (bicyclic) bond motifs is 1. The first-order chi connectivity index (χ1) is 15.3. The summed E-state index contributed by atoms with van der Waals surface area (Å²) >= 11 is 0. The van der Waals surface area contributed by atoms with Gasteiger partial charge in [0.1, 0.15) is 5.82 Å². The van der Waals surface area contributed by atoms with E-state index in [2.05, 4.69) is 15.5 Å². The van der Waals surface area contributed by atoms with E-state index >= 15 is 0 Å². The molecular weight excluding hydrogens is 413 g/mol. The molecule has 0 aliphatic heterocycles. The maximum absolute atomic E-state index is 13.7. The molecule has 7 nitrogen and oxygen atoms in total. The molecule has 2 heterocycles. The Kier molecular flexibility index (Phi) is 5.68. The molecule has 8 heteroatoms. The van der Waals surface area contributed by atoms with E-state index in [-0.39, 0.29) is 17.0 Å². The molecule has 2 aromatic carbocycles. The molecule has 162 valence electrons. The summed E-state index contributed by atoms with van der Waals surface area (Å²) in [5, 5.41) is 6.87. The first-order valence-electron chi connectivity index (χ1n) is 9.94. The van der Waals surface area contributed by atoms with Gasteiger partial charge in [0.05, 0.1) is 22.3 Å². The number of pyridine rings is 1. The number of anilines is 1. The van der Waals surface area contributed by atoms with Crippen molar-refractivity contribution in [1.82, 2.24) is 10.1 Å². The number of hydrogen-bond acceptors (Lipinski definition) is 6. The van der Waals surface area contributed by atoms with Gasteiger partial charge in [-0.05, 0) is 44.5 Å². The third kappa shape index (κ3) is 4.20. The molecule has 0 fully saturated rings. The number of ether oxygens (including phenoxy) is 1. The third-order valence-corrected chi connectivity index (χ3v) is 5.00. The van der Waals surface area contributed by atoms with Gasteiger partial charge in [-0.2, -0.15) is 0 Å². The highest BCUT2D eigenvalue weighted by Crippen LogP contribution is 2.28. The van der Waals surface area contributed by atoms with Gasteiger partial charge in [0.25, 0.3) is 11.6 Å². The van der Waals surface area contributed by atoms with Gasteiger partial charge < -0.3 is 14.6 Å². The monoisotopic (exact) mass is 433 g/mol. The molecule has 1 unspecified atom stereocenters. The van der Waals surface area contributed by atoms with Gasteiger partial charge in [0.15, 0.2) is 6.10 Å². The SMILES string of the molecule is Cc1ccc(NC(=O)C(C)OC(=O)c2cc(-c3ccccc3)nc3onc(C)c23)cc1F. The fraction of sp³-hybridized carbons (Fsp3) is 0.167. The number of benzene rings is 2. The lowest BCUT2D eigenvalue weighted by Gasteiger charge is -2.14. The molecule has 32 heavy (non-hydrogen) atoms. The Bertz CT molecular complexity index is 1320. The lowest BCUT2D eigenvalue weighted by atomic mass is 10.1. The smallest absolute Gasteiger partial charge is 0.339 e. The van der Waals surface area contributed by atoms with Crippen molar-refractivity contribution in [2.45, 2.75) is 26.9 Å². The Morgan fingerprint density at radius 3 is 2.56 bits per heavy atom. The summed E-state index contributed by atoms with van der Waals surface area (Å²) in [6.45, 7) is 4.75. The van der Waals surface area contributed by atoms with Crippen LogP contribution in [-0.4, -0.2) is 28.1 Å². The van der Waals surface area contributed by atoms with Gasteiger partial charge in [-0.25, -0.2) is 14.2 Å². The molecule has 0 saturated heterocycles. The van der Waals surface area contributed by atoms with Gasteiger partial charge in [-0.3, -0.25) is 4.79 Å². The lowest BCUT2D eigenvalue weighted by molar-refractivity contribution is -0.123. The van der Waals surface area contributed by atoms with Crippen LogP contribution in [0, 0.1) is 19.7 Å². The van der Waals surface area contributed by atoms with Crippen molar-refractivity contribution in [3.8, 4) is 11.3 Å². The summed E-state index contributed by atoms with van der Waals surface area (Å²) < 4.78 is 24.4. The van der Waals surface area contributed by atoms with Crippen LogP contribution in [0.25, 0.3) is 22.4 Å². The van der Waals surface area contributed by atoms with Crippen LogP contribution in [0.2, 0.25) is 0 Å². The van der Waals surface area contributed by atoms with E-state index in [9.17, 15) is 14.0 Å². The Morgan fingerprint density at radius 2 is 1.84 bits per heavy atom. The summed E-state index contributed by atoms with van der Waals surface area (Å²) in [7, 11) is 0. The Balaban J connectivity index is 1.59. The zero-order valence-electron chi connectivity index (χ0n) is 17.7. The van der Waals surface area contributed by atoms with Crippen molar-refractivity contribution in [3.63, 3.8) is 0 Å². The van der Waals surface area contributed by atoms with Crippen molar-refractivity contribution >= 4 is 28.7 Å². The predicted octanol–water partition coefficient (Wildman–Crippen LogP) is 4.83. The highest BCUT2D eigenvalue weighted by atomic mass is 19.1. The molecule has 1 amide bonds. The topological polar surface area (TPSA) is 94.3 Å². The standard InChI is InChI=1S/C24H20FN3O4/c1-13-9-10-17(11-19(13)25)26-22(29)15(3)31-24(30)18-12-20(16-7-5-4-6-8-16)27-23-21(18)14(2)28-32-23/h4-12,15H,1-3H3,(H,26,29). The van der Waals surface area contributed by atoms with Crippen LogP contribution in [0.3, 0.4) is 0 Å². The minimum Gasteiger partial charge on any atom is -0.449 e. The molecule has 2 aromatic heterocycles. The Hall–Kier alpha value is -4.07. The van der Waals surface area contributed by atoms with E-state index in [1.54, 1.807) is 32.0 Å². The third-order valence-electron chi connectivity index (χ3n) is 5.00. The number of hydrogen-bond donors (Lipinski definition) is 1. The number of nitrogens with one attached hydrogen (secondary N) is 1. The van der Waals surface area contributed by atoms with Gasteiger partial charge >= 0.3 is 5.97 Å². The van der Waals surface area contributed by atoms with Crippen molar-refractivity contribution in [2.24, 2.45) is 0 Å². The van der Waals surface area contributed by atoms with E-state index < -0.39 is 23.8 Å². The van der Waals surface area contributed by atoms with E-state index in [0.29, 0.717) is 22.3 Å². The van der Waals surface area contributed by atoms with Gasteiger partial charge in [0, 0.05) is 11.3 Å². The largest absolute Gasteiger partial charge is 0.449 e. The molecule has 0 saturated carbocycles. The summed E-state index contributed by atoms with van der Waals surface area (Å²) in [5.74, 6) is -1.75. The minimum absolute atomic E-state index is 0.189. The Morgan fingerprint density at radius 1 is 1.09 bits per heavy atom. The summed E-state index contributed by atoms with van der Waals surface area (Å²) in [6, 6.07) is 15.2. The second-order valence-electron chi connectivity index (χ2n) is 7.37. The van der Waals surface area contributed by atoms with Crippen LogP contribution in [0.1, 0.15) is 28.5 Å². The van der Waals surface area contributed by atoms with Crippen molar-refractivity contribution < 1.29 is 23.2 Å². The highest BCUT2D eigenvalue weighted by molar-refractivity contribution is 6.05. The minimum atomic E-state index is -1.13. The number of amides is 1. The molecule has 0 aliphatic carbocycles. The number of carbonyl (C=O) groups is 2. The van der Waals surface area contributed by atoms with Crippen molar-refractivity contribution in [1.29, 1.82) is 0 Å². The molecular formula is C24H20FN3O4. The second-order valence-corrected chi connectivity index (χ2v) is 7.37. The number of aryl methyl sites for hydroxylation is 2. The molecule has 4 aromatic rings. The van der Waals surface area contributed by atoms with E-state index in [0.717, 1.165) is 5.56 Å². The number of rotatable bonds is 5. The van der Waals surface area contributed by atoms with Gasteiger partial charge in [0.2, 0.25) is 0 Å². The normalized spacial score (nSPS) is 11.9. The van der Waals surface area contributed by atoms with Crippen LogP contribution in [0.4, 0.5) is 10.1 Å². The van der Waals surface area contributed by atoms with E-state index in [1.807, 2.05) is 30.3 Å². The van der Waals surface area contributed by atoms with Gasteiger partial charge in [-0.1, -0.05) is 41.6 Å². The number of esters is 1. The number of aromatic nitrogens is 2. The van der Waals surface area contributed by atoms with Crippen molar-refractivity contribution in [3.05, 3.63) is 77.2 Å². The quantitative estimate of drug-likeness (QED) is 0.453. The lowest BCUT2D eigenvalue weighted by Crippen LogP contribution is -2.30. The number of carbonyl (C=O) groups excluding carboxylic acids is 2. The summed E-state index contributed by atoms with van der Waals surface area (Å²) in [5.41, 5.74) is 2.89. The van der Waals surface area contributed by atoms with Crippen LogP contribution >= 0.6 is 0 Å². The van der Waals surface area contributed by atoms with Crippen LogP contribution in [0.15, 0.2) is 59.1 Å². The fourth-order valence-corrected chi connectivity index (χ4v) is 3.20. The number of nitrogens with zero attached hydrogens (tertiary/aromatic N) is 2. The summed E-state index contributed by atoms with van der Waals surface area (Å²) in [6.07, 6.45) is -1.13. The maximum Gasteiger partial charge on any atom is 0.339 e. The van der Waals surface area contributed by atoms with Crippen LogP contribution < -0.4 is 5.32 Å². The average Bonchev–Trinajstić information content (AvgIpc) is 3.17. The molecule has 0 radical (unpaired) electrons. The second kappa shape index (κ2) is 8.58. The molecule has 0 bridgehead atoms. The number of halogens is 1. The molecule has 4 rings (SSSR count). The predicted molar refractivity (Wildman–Crippen MR) is 117 cm³/mol. The first-order valence-corrected chi connectivity index (χ1v) is 9.94.